The quantitative estimate of drug-likeness (QED) is 0.772. The van der Waals surface area contributed by atoms with Gasteiger partial charge in [0.15, 0.2) is 5.69 Å². The zero-order valence-electron chi connectivity index (χ0n) is 13.2. The van der Waals surface area contributed by atoms with Crippen LogP contribution in [0, 0.1) is 13.8 Å². The first-order valence-corrected chi connectivity index (χ1v) is 7.35. The molecule has 1 atom stereocenters. The lowest BCUT2D eigenvalue weighted by atomic mass is 10.1. The van der Waals surface area contributed by atoms with Crippen molar-refractivity contribution in [2.24, 2.45) is 0 Å². The van der Waals surface area contributed by atoms with E-state index in [1.165, 1.54) is 6.20 Å². The largest absolute Gasteiger partial charge is 0.344 e. The first kappa shape index (κ1) is 15.0. The molecule has 0 aliphatic heterocycles. The molecule has 0 saturated carbocycles. The van der Waals surface area contributed by atoms with Gasteiger partial charge in [-0.3, -0.25) is 4.79 Å². The minimum Gasteiger partial charge on any atom is -0.344 e. The summed E-state index contributed by atoms with van der Waals surface area (Å²) in [6.07, 6.45) is 1.40. The van der Waals surface area contributed by atoms with E-state index in [0.717, 1.165) is 22.6 Å². The van der Waals surface area contributed by atoms with Gasteiger partial charge in [0.1, 0.15) is 0 Å². The highest BCUT2D eigenvalue weighted by Gasteiger charge is 2.13. The van der Waals surface area contributed by atoms with Gasteiger partial charge in [-0.25, -0.2) is 4.68 Å². The molecule has 0 unspecified atom stereocenters. The predicted molar refractivity (Wildman–Crippen MR) is 85.3 cm³/mol. The van der Waals surface area contributed by atoms with Gasteiger partial charge in [-0.05, 0) is 44.5 Å². The van der Waals surface area contributed by atoms with E-state index in [9.17, 15) is 4.79 Å². The van der Waals surface area contributed by atoms with Gasteiger partial charge in [0.05, 0.1) is 23.6 Å². The van der Waals surface area contributed by atoms with E-state index < -0.39 is 0 Å². The van der Waals surface area contributed by atoms with Crippen LogP contribution in [0.15, 0.2) is 36.5 Å². The van der Waals surface area contributed by atoms with Crippen LogP contribution in [0.25, 0.3) is 5.69 Å². The summed E-state index contributed by atoms with van der Waals surface area (Å²) >= 11 is 0. The van der Waals surface area contributed by atoms with E-state index in [1.807, 2.05) is 55.8 Å². The average molecular weight is 310 g/mol. The Kier molecular flexibility index (Phi) is 3.92. The van der Waals surface area contributed by atoms with E-state index >= 15 is 0 Å². The summed E-state index contributed by atoms with van der Waals surface area (Å²) in [7, 11) is 0. The third kappa shape index (κ3) is 3.13. The Morgan fingerprint density at radius 3 is 2.57 bits per heavy atom. The fourth-order valence-electron chi connectivity index (χ4n) is 2.46. The normalized spacial score (nSPS) is 12.1. The number of H-pyrrole nitrogens is 1. The van der Waals surface area contributed by atoms with Crippen molar-refractivity contribution in [1.82, 2.24) is 30.5 Å². The zero-order valence-corrected chi connectivity index (χ0v) is 13.2. The molecule has 7 nitrogen and oxygen atoms in total. The third-order valence-electron chi connectivity index (χ3n) is 3.64. The molecule has 7 heteroatoms. The summed E-state index contributed by atoms with van der Waals surface area (Å²) in [4.78, 5) is 12.0. The van der Waals surface area contributed by atoms with Gasteiger partial charge in [0, 0.05) is 5.69 Å². The Labute approximate surface area is 133 Å². The van der Waals surface area contributed by atoms with Gasteiger partial charge in [0.2, 0.25) is 0 Å². The molecule has 1 aromatic carbocycles. The number of aromatic nitrogens is 5. The fourth-order valence-corrected chi connectivity index (χ4v) is 2.46. The summed E-state index contributed by atoms with van der Waals surface area (Å²) in [5, 5.41) is 17.2. The number of amides is 1. The molecule has 0 spiro atoms. The van der Waals surface area contributed by atoms with Gasteiger partial charge in [0.25, 0.3) is 5.91 Å². The maximum absolute atomic E-state index is 12.0. The zero-order chi connectivity index (χ0) is 16.4. The number of aryl methyl sites for hydroxylation is 2. The standard InChI is InChI=1S/C16H18N6O/c1-10-8-11(2)22(20-10)14-6-4-13(5-7-14)12(3)18-16(23)15-9-17-21-19-15/h4-9,12H,1-3H3,(H,18,23)(H,17,19,21)/t12-/m1/s1. The lowest BCUT2D eigenvalue weighted by molar-refractivity contribution is 0.0935. The Morgan fingerprint density at radius 2 is 2.00 bits per heavy atom. The van der Waals surface area contributed by atoms with Crippen molar-refractivity contribution >= 4 is 5.91 Å². The second kappa shape index (κ2) is 6.04. The first-order chi connectivity index (χ1) is 11.0. The Balaban J connectivity index is 1.74. The Hall–Kier alpha value is -2.96. The third-order valence-corrected chi connectivity index (χ3v) is 3.64. The van der Waals surface area contributed by atoms with Crippen LogP contribution in [-0.4, -0.2) is 31.1 Å². The molecule has 2 heterocycles. The van der Waals surface area contributed by atoms with E-state index in [4.69, 9.17) is 0 Å². The van der Waals surface area contributed by atoms with Crippen molar-refractivity contribution in [2.45, 2.75) is 26.8 Å². The number of hydrogen-bond donors (Lipinski definition) is 2. The summed E-state index contributed by atoms with van der Waals surface area (Å²) in [5.74, 6) is -0.256. The van der Waals surface area contributed by atoms with Crippen molar-refractivity contribution in [1.29, 1.82) is 0 Å². The van der Waals surface area contributed by atoms with Gasteiger partial charge >= 0.3 is 0 Å². The second-order valence-corrected chi connectivity index (χ2v) is 5.48. The fraction of sp³-hybridized carbons (Fsp3) is 0.250. The molecule has 1 amide bonds. The Bertz CT molecular complexity index is 804. The molecule has 3 aromatic rings. The number of nitrogens with zero attached hydrogens (tertiary/aromatic N) is 4. The molecule has 23 heavy (non-hydrogen) atoms. The van der Waals surface area contributed by atoms with Gasteiger partial charge in [-0.15, -0.1) is 0 Å². The van der Waals surface area contributed by atoms with Crippen molar-refractivity contribution in [3.05, 3.63) is 59.2 Å². The molecule has 2 aromatic heterocycles. The van der Waals surface area contributed by atoms with Gasteiger partial charge in [-0.2, -0.15) is 20.5 Å². The monoisotopic (exact) mass is 310 g/mol. The molecule has 0 bridgehead atoms. The Morgan fingerprint density at radius 1 is 1.26 bits per heavy atom. The van der Waals surface area contributed by atoms with Crippen molar-refractivity contribution in [3.63, 3.8) is 0 Å². The van der Waals surface area contributed by atoms with E-state index in [-0.39, 0.29) is 17.6 Å². The number of hydrogen-bond acceptors (Lipinski definition) is 4. The number of carbonyl (C=O) groups excluding carboxylic acids is 1. The molecule has 0 saturated heterocycles. The molecular weight excluding hydrogens is 292 g/mol. The van der Waals surface area contributed by atoms with Crippen molar-refractivity contribution < 1.29 is 4.79 Å². The smallest absolute Gasteiger partial charge is 0.273 e. The molecule has 118 valence electrons. The summed E-state index contributed by atoms with van der Waals surface area (Å²) in [6.45, 7) is 5.92. The van der Waals surface area contributed by atoms with Crippen LogP contribution in [-0.2, 0) is 0 Å². The van der Waals surface area contributed by atoms with Crippen LogP contribution in [0.3, 0.4) is 0 Å². The first-order valence-electron chi connectivity index (χ1n) is 7.35. The molecule has 0 radical (unpaired) electrons. The summed E-state index contributed by atoms with van der Waals surface area (Å²) in [6, 6.07) is 9.86. The lowest BCUT2D eigenvalue weighted by Crippen LogP contribution is -2.26. The van der Waals surface area contributed by atoms with Gasteiger partial charge in [-0.1, -0.05) is 12.1 Å². The number of aromatic amines is 1. The average Bonchev–Trinajstić information content (AvgIpc) is 3.17. The molecule has 0 aliphatic carbocycles. The highest BCUT2D eigenvalue weighted by Crippen LogP contribution is 2.17. The van der Waals surface area contributed by atoms with Crippen LogP contribution >= 0.6 is 0 Å². The molecule has 2 N–H and O–H groups in total. The highest BCUT2D eigenvalue weighted by atomic mass is 16.2. The molecular formula is C16H18N6O. The molecule has 0 fully saturated rings. The number of carbonyl (C=O) groups is 1. The molecule has 3 rings (SSSR count). The maximum Gasteiger partial charge on any atom is 0.273 e. The SMILES string of the molecule is Cc1cc(C)n(-c2ccc([C@@H](C)NC(=O)c3cn[nH]n3)cc2)n1. The number of rotatable bonds is 4. The summed E-state index contributed by atoms with van der Waals surface area (Å²) < 4.78 is 1.90. The lowest BCUT2D eigenvalue weighted by Gasteiger charge is -2.14. The van der Waals surface area contributed by atoms with E-state index in [2.05, 4.69) is 25.8 Å². The minimum atomic E-state index is -0.256. The second-order valence-electron chi connectivity index (χ2n) is 5.48. The van der Waals surface area contributed by atoms with E-state index in [0.29, 0.717) is 0 Å². The van der Waals surface area contributed by atoms with E-state index in [1.54, 1.807) is 0 Å². The topological polar surface area (TPSA) is 88.5 Å². The van der Waals surface area contributed by atoms with Gasteiger partial charge < -0.3 is 5.32 Å². The summed E-state index contributed by atoms with van der Waals surface area (Å²) in [5.41, 5.74) is 4.35. The highest BCUT2D eigenvalue weighted by molar-refractivity contribution is 5.92. The van der Waals surface area contributed by atoms with Crippen LogP contribution in [0.5, 0.6) is 0 Å². The van der Waals surface area contributed by atoms with Crippen LogP contribution in [0.2, 0.25) is 0 Å². The maximum atomic E-state index is 12.0. The minimum absolute atomic E-state index is 0.131. The van der Waals surface area contributed by atoms with Crippen LogP contribution < -0.4 is 5.32 Å². The van der Waals surface area contributed by atoms with Crippen LogP contribution in [0.1, 0.15) is 40.4 Å². The molecule has 0 aliphatic rings. The predicted octanol–water partition coefficient (Wildman–Crippen LogP) is 2.10. The number of benzene rings is 1. The van der Waals surface area contributed by atoms with Crippen LogP contribution in [0.4, 0.5) is 0 Å². The van der Waals surface area contributed by atoms with Crippen molar-refractivity contribution in [3.8, 4) is 5.69 Å². The van der Waals surface area contributed by atoms with Crippen molar-refractivity contribution in [2.75, 3.05) is 0 Å². The number of nitrogens with one attached hydrogen (secondary N) is 2.